The van der Waals surface area contributed by atoms with Crippen LogP contribution in [0.3, 0.4) is 0 Å². The van der Waals surface area contributed by atoms with Gasteiger partial charge in [-0.05, 0) is 12.1 Å². The highest BCUT2D eigenvalue weighted by Crippen LogP contribution is 2.22. The van der Waals surface area contributed by atoms with Gasteiger partial charge in [0.15, 0.2) is 0 Å². The molecule has 1 heterocycles. The van der Waals surface area contributed by atoms with Crippen LogP contribution in [0.1, 0.15) is 0 Å². The van der Waals surface area contributed by atoms with Crippen molar-refractivity contribution in [2.45, 2.75) is 4.90 Å². The predicted octanol–water partition coefficient (Wildman–Crippen LogP) is 0.348. The Morgan fingerprint density at radius 3 is 2.75 bits per heavy atom. The van der Waals surface area contributed by atoms with Gasteiger partial charge in [-0.3, -0.25) is 0 Å². The zero-order valence-electron chi connectivity index (χ0n) is 6.24. The topological polar surface area (TPSA) is 58.2 Å². The summed E-state index contributed by atoms with van der Waals surface area (Å²) in [6, 6.07) is 6.81. The SMILES string of the molecule is O=S1(=O)NCNc2ccccc21. The van der Waals surface area contributed by atoms with E-state index in [1.165, 1.54) is 0 Å². The lowest BCUT2D eigenvalue weighted by atomic mass is 10.3. The van der Waals surface area contributed by atoms with Crippen molar-refractivity contribution in [1.82, 2.24) is 4.72 Å². The van der Waals surface area contributed by atoms with E-state index in [0.29, 0.717) is 10.6 Å². The van der Waals surface area contributed by atoms with Crippen molar-refractivity contribution in [2.75, 3.05) is 12.0 Å². The van der Waals surface area contributed by atoms with Crippen molar-refractivity contribution in [3.63, 3.8) is 0 Å². The molecule has 0 saturated heterocycles. The number of para-hydroxylation sites is 1. The molecule has 0 spiro atoms. The Labute approximate surface area is 70.7 Å². The molecule has 4 nitrogen and oxygen atoms in total. The smallest absolute Gasteiger partial charge is 0.244 e. The second-order valence-corrected chi connectivity index (χ2v) is 4.23. The van der Waals surface area contributed by atoms with Gasteiger partial charge in [0.2, 0.25) is 10.0 Å². The van der Waals surface area contributed by atoms with Crippen LogP contribution < -0.4 is 10.0 Å². The molecule has 1 aliphatic heterocycles. The molecular formula is C7H8N2O2S. The Bertz CT molecular complexity index is 400. The van der Waals surface area contributed by atoms with Crippen LogP contribution in [0.25, 0.3) is 0 Å². The van der Waals surface area contributed by atoms with Crippen molar-refractivity contribution < 1.29 is 8.42 Å². The molecule has 0 unspecified atom stereocenters. The van der Waals surface area contributed by atoms with Crippen LogP contribution in [-0.4, -0.2) is 15.1 Å². The van der Waals surface area contributed by atoms with E-state index in [0.717, 1.165) is 0 Å². The van der Waals surface area contributed by atoms with Crippen LogP contribution in [0.2, 0.25) is 0 Å². The van der Waals surface area contributed by atoms with E-state index < -0.39 is 10.0 Å². The molecule has 0 radical (unpaired) electrons. The molecular weight excluding hydrogens is 176 g/mol. The number of rotatable bonds is 0. The number of hydrogen-bond donors (Lipinski definition) is 2. The molecule has 64 valence electrons. The molecule has 0 bridgehead atoms. The summed E-state index contributed by atoms with van der Waals surface area (Å²) in [4.78, 5) is 0.316. The largest absolute Gasteiger partial charge is 0.370 e. The lowest BCUT2D eigenvalue weighted by molar-refractivity contribution is 0.581. The van der Waals surface area contributed by atoms with Crippen molar-refractivity contribution >= 4 is 15.7 Å². The molecule has 1 aromatic carbocycles. The fraction of sp³-hybridized carbons (Fsp3) is 0.143. The second-order valence-electron chi connectivity index (χ2n) is 2.50. The molecule has 0 amide bonds. The summed E-state index contributed by atoms with van der Waals surface area (Å²) >= 11 is 0. The third kappa shape index (κ3) is 1.07. The van der Waals surface area contributed by atoms with E-state index in [1.807, 2.05) is 0 Å². The van der Waals surface area contributed by atoms with Gasteiger partial charge in [-0.1, -0.05) is 12.1 Å². The number of benzene rings is 1. The average molecular weight is 184 g/mol. The Balaban J connectivity index is 2.67. The van der Waals surface area contributed by atoms with Crippen LogP contribution in [0.15, 0.2) is 29.2 Å². The first-order valence-electron chi connectivity index (χ1n) is 3.53. The molecule has 1 aromatic rings. The van der Waals surface area contributed by atoms with Crippen molar-refractivity contribution in [3.8, 4) is 0 Å². The van der Waals surface area contributed by atoms with Gasteiger partial charge in [0, 0.05) is 0 Å². The molecule has 2 N–H and O–H groups in total. The van der Waals surface area contributed by atoms with Gasteiger partial charge in [0.05, 0.1) is 12.4 Å². The van der Waals surface area contributed by atoms with Crippen LogP contribution in [0, 0.1) is 0 Å². The fourth-order valence-corrected chi connectivity index (χ4v) is 2.26. The van der Waals surface area contributed by atoms with Gasteiger partial charge in [0.1, 0.15) is 4.90 Å². The zero-order chi connectivity index (χ0) is 8.60. The second kappa shape index (κ2) is 2.46. The van der Waals surface area contributed by atoms with E-state index in [4.69, 9.17) is 0 Å². The van der Waals surface area contributed by atoms with Gasteiger partial charge < -0.3 is 5.32 Å². The van der Waals surface area contributed by atoms with E-state index in [1.54, 1.807) is 24.3 Å². The molecule has 12 heavy (non-hydrogen) atoms. The van der Waals surface area contributed by atoms with Gasteiger partial charge in [-0.15, -0.1) is 0 Å². The maximum atomic E-state index is 11.3. The maximum absolute atomic E-state index is 11.3. The number of nitrogens with one attached hydrogen (secondary N) is 2. The summed E-state index contributed by atoms with van der Waals surface area (Å²) in [5.74, 6) is 0. The van der Waals surface area contributed by atoms with Crippen molar-refractivity contribution in [2.24, 2.45) is 0 Å². The molecule has 2 rings (SSSR count). The normalized spacial score (nSPS) is 19.3. The molecule has 5 heteroatoms. The standard InChI is InChI=1S/C7H8N2O2S/c10-12(11)7-4-2-1-3-6(7)8-5-9-12/h1-4,8-9H,5H2. The highest BCUT2D eigenvalue weighted by Gasteiger charge is 2.21. The molecule has 0 aromatic heterocycles. The minimum Gasteiger partial charge on any atom is -0.370 e. The Morgan fingerprint density at radius 1 is 1.25 bits per heavy atom. The van der Waals surface area contributed by atoms with Crippen molar-refractivity contribution in [1.29, 1.82) is 0 Å². The van der Waals surface area contributed by atoms with E-state index in [9.17, 15) is 8.42 Å². The summed E-state index contributed by atoms with van der Waals surface area (Å²) in [7, 11) is -3.25. The van der Waals surface area contributed by atoms with Crippen LogP contribution >= 0.6 is 0 Å². The number of sulfonamides is 1. The quantitative estimate of drug-likeness (QED) is 0.611. The summed E-state index contributed by atoms with van der Waals surface area (Å²) < 4.78 is 25.0. The van der Waals surface area contributed by atoms with Gasteiger partial charge in [-0.2, -0.15) is 4.72 Å². The van der Waals surface area contributed by atoms with E-state index in [-0.39, 0.29) is 6.67 Å². The Morgan fingerprint density at radius 2 is 2.00 bits per heavy atom. The van der Waals surface area contributed by atoms with Crippen LogP contribution in [-0.2, 0) is 10.0 Å². The minimum atomic E-state index is -3.25. The first-order chi connectivity index (χ1) is 5.70. The van der Waals surface area contributed by atoms with Crippen molar-refractivity contribution in [3.05, 3.63) is 24.3 Å². The lowest BCUT2D eigenvalue weighted by Crippen LogP contribution is -2.34. The highest BCUT2D eigenvalue weighted by molar-refractivity contribution is 7.89. The minimum absolute atomic E-state index is 0.263. The summed E-state index contributed by atoms with van der Waals surface area (Å²) in [5, 5.41) is 2.93. The van der Waals surface area contributed by atoms with Crippen LogP contribution in [0.5, 0.6) is 0 Å². The molecule has 0 fully saturated rings. The fourth-order valence-electron chi connectivity index (χ4n) is 1.15. The van der Waals surface area contributed by atoms with Gasteiger partial charge in [-0.25, -0.2) is 8.42 Å². The monoisotopic (exact) mass is 184 g/mol. The summed E-state index contributed by atoms with van der Waals surface area (Å²) in [5.41, 5.74) is 0.663. The summed E-state index contributed by atoms with van der Waals surface area (Å²) in [6.07, 6.45) is 0. The Hall–Kier alpha value is -1.07. The maximum Gasteiger partial charge on any atom is 0.244 e. The molecule has 0 saturated carbocycles. The lowest BCUT2D eigenvalue weighted by Gasteiger charge is -2.18. The summed E-state index contributed by atoms with van der Waals surface area (Å²) in [6.45, 7) is 0.263. The first kappa shape index (κ1) is 7.57. The third-order valence-corrected chi connectivity index (χ3v) is 3.18. The first-order valence-corrected chi connectivity index (χ1v) is 5.01. The van der Waals surface area contributed by atoms with Gasteiger partial charge >= 0.3 is 0 Å². The van der Waals surface area contributed by atoms with Gasteiger partial charge in [0.25, 0.3) is 0 Å². The predicted molar refractivity (Wildman–Crippen MR) is 45.3 cm³/mol. The van der Waals surface area contributed by atoms with Crippen LogP contribution in [0.4, 0.5) is 5.69 Å². The zero-order valence-corrected chi connectivity index (χ0v) is 7.06. The van der Waals surface area contributed by atoms with E-state index in [2.05, 4.69) is 10.0 Å². The third-order valence-electron chi connectivity index (χ3n) is 1.72. The van der Waals surface area contributed by atoms with E-state index >= 15 is 0 Å². The number of anilines is 1. The number of hydrogen-bond acceptors (Lipinski definition) is 3. The average Bonchev–Trinajstić information content (AvgIpc) is 2.04. The molecule has 0 atom stereocenters. The molecule has 0 aliphatic carbocycles. The highest BCUT2D eigenvalue weighted by atomic mass is 32.2. The number of fused-ring (bicyclic) bond motifs is 1. The molecule has 1 aliphatic rings. The Kier molecular flexibility index (Phi) is 1.55.